The number of hydrogen-bond acceptors (Lipinski definition) is 4. The van der Waals surface area contributed by atoms with E-state index in [1.165, 1.54) is 0 Å². The van der Waals surface area contributed by atoms with Gasteiger partial charge in [0.25, 0.3) is 11.7 Å². The van der Waals surface area contributed by atoms with E-state index < -0.39 is 17.7 Å². The van der Waals surface area contributed by atoms with E-state index in [2.05, 4.69) is 20.8 Å². The van der Waals surface area contributed by atoms with Gasteiger partial charge in [-0.25, -0.2) is 0 Å². The molecule has 1 N–H and O–H groups in total. The summed E-state index contributed by atoms with van der Waals surface area (Å²) in [7, 11) is 1.56. The number of benzene rings is 3. The van der Waals surface area contributed by atoms with Gasteiger partial charge in [0.1, 0.15) is 11.5 Å². The number of rotatable bonds is 6. The van der Waals surface area contributed by atoms with E-state index in [0.29, 0.717) is 24.3 Å². The lowest BCUT2D eigenvalue weighted by atomic mass is 9.85. The molecule has 0 aromatic heterocycles. The zero-order chi connectivity index (χ0) is 25.2. The van der Waals surface area contributed by atoms with E-state index in [4.69, 9.17) is 4.74 Å². The lowest BCUT2D eigenvalue weighted by Crippen LogP contribution is -2.31. The summed E-state index contributed by atoms with van der Waals surface area (Å²) in [6.07, 6.45) is 0.604. The average molecular weight is 470 g/mol. The van der Waals surface area contributed by atoms with Gasteiger partial charge in [-0.15, -0.1) is 0 Å². The molecule has 4 rings (SSSR count). The number of nitrogens with zero attached hydrogens (tertiary/aromatic N) is 1. The van der Waals surface area contributed by atoms with Gasteiger partial charge in [-0.2, -0.15) is 0 Å². The molecular formula is C30H31NO4. The van der Waals surface area contributed by atoms with Crippen LogP contribution in [-0.4, -0.2) is 35.4 Å². The number of aliphatic hydroxyl groups excluding tert-OH is 1. The third-order valence-corrected chi connectivity index (χ3v) is 6.48. The summed E-state index contributed by atoms with van der Waals surface area (Å²) in [6, 6.07) is 23.9. The second-order valence-electron chi connectivity index (χ2n) is 9.83. The van der Waals surface area contributed by atoms with E-state index in [1.807, 2.05) is 54.6 Å². The molecule has 1 saturated heterocycles. The molecule has 0 bridgehead atoms. The third kappa shape index (κ3) is 4.99. The number of carbonyl (C=O) groups excluding carboxylic acids is 2. The van der Waals surface area contributed by atoms with Crippen LogP contribution in [0.3, 0.4) is 0 Å². The van der Waals surface area contributed by atoms with E-state index >= 15 is 0 Å². The Kier molecular flexibility index (Phi) is 6.79. The smallest absolute Gasteiger partial charge is 0.295 e. The van der Waals surface area contributed by atoms with Gasteiger partial charge in [-0.3, -0.25) is 9.59 Å². The summed E-state index contributed by atoms with van der Waals surface area (Å²) in [4.78, 5) is 28.0. The highest BCUT2D eigenvalue weighted by molar-refractivity contribution is 6.46. The molecule has 180 valence electrons. The second kappa shape index (κ2) is 9.79. The molecule has 1 fully saturated rings. The number of carbonyl (C=O) groups is 2. The van der Waals surface area contributed by atoms with Gasteiger partial charge in [-0.1, -0.05) is 75.4 Å². The zero-order valence-corrected chi connectivity index (χ0v) is 20.6. The van der Waals surface area contributed by atoms with Crippen molar-refractivity contribution in [3.05, 3.63) is 107 Å². The van der Waals surface area contributed by atoms with Crippen molar-refractivity contribution >= 4 is 17.4 Å². The molecule has 5 nitrogen and oxygen atoms in total. The maximum absolute atomic E-state index is 13.2. The minimum Gasteiger partial charge on any atom is -0.507 e. The number of Topliss-reactive ketones (excluding diaryl/α,β-unsaturated/α-hetero) is 1. The van der Waals surface area contributed by atoms with Gasteiger partial charge in [-0.05, 0) is 52.8 Å². The number of methoxy groups -OCH3 is 1. The Hall–Kier alpha value is -3.86. The minimum absolute atomic E-state index is 0.0310. The van der Waals surface area contributed by atoms with E-state index in [-0.39, 0.29) is 16.7 Å². The molecule has 1 aliphatic rings. The SMILES string of the molecule is COc1ccc(/C(O)=C2\C(=O)C(=O)N(CCc3ccccc3)C2c2ccc(C(C)(C)C)cc2)cc1. The van der Waals surface area contributed by atoms with E-state index in [9.17, 15) is 14.7 Å². The standard InChI is InChI=1S/C30H31NO4/c1-30(2,3)23-14-10-21(11-15-23)26-25(27(32)22-12-16-24(35-4)17-13-22)28(33)29(34)31(26)19-18-20-8-6-5-7-9-20/h5-17,26,32H,18-19H2,1-4H3/b27-25+. The van der Waals surface area contributed by atoms with Crippen LogP contribution in [0.25, 0.3) is 5.76 Å². The van der Waals surface area contributed by atoms with Gasteiger partial charge < -0.3 is 14.7 Å². The van der Waals surface area contributed by atoms with Crippen LogP contribution in [0.1, 0.15) is 49.1 Å². The maximum Gasteiger partial charge on any atom is 0.295 e. The molecule has 5 heteroatoms. The van der Waals surface area contributed by atoms with Crippen molar-refractivity contribution in [2.45, 2.75) is 38.6 Å². The molecule has 1 aliphatic heterocycles. The highest BCUT2D eigenvalue weighted by Crippen LogP contribution is 2.40. The Morgan fingerprint density at radius 1 is 0.914 bits per heavy atom. The van der Waals surface area contributed by atoms with Crippen molar-refractivity contribution in [2.75, 3.05) is 13.7 Å². The first-order valence-electron chi connectivity index (χ1n) is 11.8. The molecule has 1 unspecified atom stereocenters. The van der Waals surface area contributed by atoms with Gasteiger partial charge >= 0.3 is 0 Å². The predicted octanol–water partition coefficient (Wildman–Crippen LogP) is 5.66. The molecular weight excluding hydrogens is 438 g/mol. The molecule has 35 heavy (non-hydrogen) atoms. The molecule has 3 aromatic carbocycles. The van der Waals surface area contributed by atoms with Crippen molar-refractivity contribution in [3.63, 3.8) is 0 Å². The number of ketones is 1. The van der Waals surface area contributed by atoms with Crippen LogP contribution in [0.15, 0.2) is 84.4 Å². The van der Waals surface area contributed by atoms with Crippen molar-refractivity contribution in [3.8, 4) is 5.75 Å². The van der Waals surface area contributed by atoms with Crippen molar-refractivity contribution < 1.29 is 19.4 Å². The highest BCUT2D eigenvalue weighted by atomic mass is 16.5. The fourth-order valence-electron chi connectivity index (χ4n) is 4.42. The topological polar surface area (TPSA) is 66.8 Å². The van der Waals surface area contributed by atoms with Gasteiger partial charge in [0, 0.05) is 12.1 Å². The van der Waals surface area contributed by atoms with Crippen LogP contribution in [0.5, 0.6) is 5.75 Å². The van der Waals surface area contributed by atoms with Crippen molar-refractivity contribution in [1.29, 1.82) is 0 Å². The first-order chi connectivity index (χ1) is 16.7. The third-order valence-electron chi connectivity index (χ3n) is 6.48. The Labute approximate surface area is 206 Å². The summed E-state index contributed by atoms with van der Waals surface area (Å²) < 4.78 is 5.21. The molecule has 0 radical (unpaired) electrons. The molecule has 1 amide bonds. The monoisotopic (exact) mass is 469 g/mol. The van der Waals surface area contributed by atoms with E-state index in [0.717, 1.165) is 16.7 Å². The van der Waals surface area contributed by atoms with Crippen LogP contribution in [0.4, 0.5) is 0 Å². The Bertz CT molecular complexity index is 1240. The fraction of sp³-hybridized carbons (Fsp3) is 0.267. The summed E-state index contributed by atoms with van der Waals surface area (Å²) >= 11 is 0. The lowest BCUT2D eigenvalue weighted by molar-refractivity contribution is -0.139. The molecule has 3 aromatic rings. The van der Waals surface area contributed by atoms with Crippen LogP contribution in [0.2, 0.25) is 0 Å². The largest absolute Gasteiger partial charge is 0.507 e. The molecule has 0 saturated carbocycles. The van der Waals surface area contributed by atoms with Crippen LogP contribution in [-0.2, 0) is 21.4 Å². The van der Waals surface area contributed by atoms with Crippen LogP contribution in [0, 0.1) is 0 Å². The number of likely N-dealkylation sites (tertiary alicyclic amines) is 1. The van der Waals surface area contributed by atoms with Crippen molar-refractivity contribution in [1.82, 2.24) is 4.90 Å². The molecule has 0 spiro atoms. The first kappa shape index (κ1) is 24.3. The Balaban J connectivity index is 1.78. The zero-order valence-electron chi connectivity index (χ0n) is 20.6. The molecule has 0 aliphatic carbocycles. The Morgan fingerprint density at radius 2 is 1.54 bits per heavy atom. The second-order valence-corrected chi connectivity index (χ2v) is 9.83. The predicted molar refractivity (Wildman–Crippen MR) is 137 cm³/mol. The summed E-state index contributed by atoms with van der Waals surface area (Å²) in [5, 5.41) is 11.2. The van der Waals surface area contributed by atoms with Gasteiger partial charge in [0.15, 0.2) is 0 Å². The Morgan fingerprint density at radius 3 is 2.11 bits per heavy atom. The number of hydrogen-bond donors (Lipinski definition) is 1. The van der Waals surface area contributed by atoms with Crippen molar-refractivity contribution in [2.24, 2.45) is 0 Å². The number of amides is 1. The highest BCUT2D eigenvalue weighted by Gasteiger charge is 2.45. The maximum atomic E-state index is 13.2. The number of ether oxygens (including phenoxy) is 1. The van der Waals surface area contributed by atoms with E-state index in [1.54, 1.807) is 36.3 Å². The average Bonchev–Trinajstić information content (AvgIpc) is 3.12. The van der Waals surface area contributed by atoms with Gasteiger partial charge in [0.05, 0.1) is 18.7 Å². The minimum atomic E-state index is -0.671. The summed E-state index contributed by atoms with van der Waals surface area (Å²) in [5.74, 6) is -0.811. The first-order valence-corrected chi connectivity index (χ1v) is 11.8. The normalized spacial score (nSPS) is 17.6. The van der Waals surface area contributed by atoms with Crippen LogP contribution < -0.4 is 4.74 Å². The quantitative estimate of drug-likeness (QED) is 0.288. The lowest BCUT2D eigenvalue weighted by Gasteiger charge is -2.26. The van der Waals surface area contributed by atoms with Gasteiger partial charge in [0.2, 0.25) is 0 Å². The number of aliphatic hydroxyl groups is 1. The molecule has 1 atom stereocenters. The summed E-state index contributed by atoms with van der Waals surface area (Å²) in [5.41, 5.74) is 3.56. The van der Waals surface area contributed by atoms with Crippen LogP contribution >= 0.6 is 0 Å². The fourth-order valence-corrected chi connectivity index (χ4v) is 4.42. The summed E-state index contributed by atoms with van der Waals surface area (Å²) in [6.45, 7) is 6.77. The molecule has 1 heterocycles.